The maximum absolute atomic E-state index is 13.7. The highest BCUT2D eigenvalue weighted by Gasteiger charge is 2.21. The number of hydrogen-bond donors (Lipinski definition) is 0. The van der Waals surface area contributed by atoms with Crippen LogP contribution in [0.4, 0.5) is 4.39 Å². The molecular weight excluding hydrogens is 359 g/mol. The minimum atomic E-state index is -0.315. The number of methoxy groups -OCH3 is 2. The summed E-state index contributed by atoms with van der Waals surface area (Å²) in [4.78, 5) is 16.6. The largest absolute Gasteiger partial charge is 0.493 e. The van der Waals surface area contributed by atoms with E-state index in [1.54, 1.807) is 32.4 Å². The Kier molecular flexibility index (Phi) is 6.87. The fourth-order valence-corrected chi connectivity index (χ4v) is 3.46. The quantitative estimate of drug-likeness (QED) is 0.734. The molecule has 0 bridgehead atoms. The number of rotatable bonds is 7. The van der Waals surface area contributed by atoms with Crippen molar-refractivity contribution in [2.75, 3.05) is 46.9 Å². The summed E-state index contributed by atoms with van der Waals surface area (Å²) in [5.74, 6) is 1.14. The second-order valence-electron chi connectivity index (χ2n) is 6.93. The van der Waals surface area contributed by atoms with Crippen molar-refractivity contribution >= 4 is 5.91 Å². The summed E-state index contributed by atoms with van der Waals surface area (Å²) in [6.45, 7) is 3.94. The molecule has 28 heavy (non-hydrogen) atoms. The Morgan fingerprint density at radius 3 is 2.39 bits per heavy atom. The van der Waals surface area contributed by atoms with Gasteiger partial charge in [-0.15, -0.1) is 0 Å². The Balaban J connectivity index is 1.46. The number of amides is 1. The van der Waals surface area contributed by atoms with E-state index in [4.69, 9.17) is 9.47 Å². The van der Waals surface area contributed by atoms with Gasteiger partial charge in [0.1, 0.15) is 5.82 Å². The second kappa shape index (κ2) is 9.55. The number of benzene rings is 2. The third-order valence-corrected chi connectivity index (χ3v) is 5.19. The zero-order valence-electron chi connectivity index (χ0n) is 16.5. The first-order chi connectivity index (χ1) is 13.6. The van der Waals surface area contributed by atoms with Gasteiger partial charge >= 0.3 is 0 Å². The first-order valence-electron chi connectivity index (χ1n) is 9.55. The average molecular weight is 386 g/mol. The van der Waals surface area contributed by atoms with Gasteiger partial charge in [-0.1, -0.05) is 24.3 Å². The molecule has 3 rings (SSSR count). The first kappa shape index (κ1) is 20.1. The molecule has 0 radical (unpaired) electrons. The van der Waals surface area contributed by atoms with Crippen LogP contribution < -0.4 is 9.47 Å². The topological polar surface area (TPSA) is 42.0 Å². The minimum Gasteiger partial charge on any atom is -0.493 e. The third-order valence-electron chi connectivity index (χ3n) is 5.19. The SMILES string of the molecule is COc1ccc(CCN2CCN(C(=O)Cc3ccccc3F)CC2)cc1OC. The van der Waals surface area contributed by atoms with Crippen molar-refractivity contribution in [3.8, 4) is 11.5 Å². The molecule has 6 heteroatoms. The van der Waals surface area contributed by atoms with Crippen molar-refractivity contribution in [1.82, 2.24) is 9.80 Å². The highest BCUT2D eigenvalue weighted by molar-refractivity contribution is 5.79. The van der Waals surface area contributed by atoms with Gasteiger partial charge in [0.25, 0.3) is 0 Å². The van der Waals surface area contributed by atoms with Crippen LogP contribution in [0.15, 0.2) is 42.5 Å². The van der Waals surface area contributed by atoms with Gasteiger partial charge in [0.2, 0.25) is 5.91 Å². The summed E-state index contributed by atoms with van der Waals surface area (Å²) in [6.07, 6.45) is 1.03. The van der Waals surface area contributed by atoms with E-state index in [0.717, 1.165) is 37.6 Å². The summed E-state index contributed by atoms with van der Waals surface area (Å²) in [5.41, 5.74) is 1.65. The van der Waals surface area contributed by atoms with E-state index < -0.39 is 0 Å². The lowest BCUT2D eigenvalue weighted by Gasteiger charge is -2.35. The Morgan fingerprint density at radius 2 is 1.71 bits per heavy atom. The molecule has 2 aromatic rings. The molecule has 1 fully saturated rings. The van der Waals surface area contributed by atoms with Crippen LogP contribution in [-0.4, -0.2) is 62.7 Å². The fourth-order valence-electron chi connectivity index (χ4n) is 3.46. The van der Waals surface area contributed by atoms with Gasteiger partial charge in [-0.25, -0.2) is 4.39 Å². The smallest absolute Gasteiger partial charge is 0.227 e. The van der Waals surface area contributed by atoms with E-state index in [0.29, 0.717) is 18.7 Å². The van der Waals surface area contributed by atoms with Crippen LogP contribution in [0.3, 0.4) is 0 Å². The van der Waals surface area contributed by atoms with Crippen molar-refractivity contribution in [3.05, 3.63) is 59.4 Å². The molecule has 2 aromatic carbocycles. The van der Waals surface area contributed by atoms with Crippen LogP contribution in [0.2, 0.25) is 0 Å². The molecule has 0 saturated carbocycles. The Labute approximate surface area is 165 Å². The van der Waals surface area contributed by atoms with Crippen molar-refractivity contribution < 1.29 is 18.7 Å². The number of carbonyl (C=O) groups excluding carboxylic acids is 1. The maximum Gasteiger partial charge on any atom is 0.227 e. The van der Waals surface area contributed by atoms with Gasteiger partial charge in [-0.2, -0.15) is 0 Å². The van der Waals surface area contributed by atoms with Crippen molar-refractivity contribution in [3.63, 3.8) is 0 Å². The normalized spacial score (nSPS) is 14.8. The number of nitrogens with zero attached hydrogens (tertiary/aromatic N) is 2. The standard InChI is InChI=1S/C22H27FN2O3/c1-27-20-8-7-17(15-21(20)28-2)9-10-24-11-13-25(14-12-24)22(26)16-18-5-3-4-6-19(18)23/h3-8,15H,9-14,16H2,1-2H3. The number of piperazine rings is 1. The number of halogens is 1. The van der Waals surface area contributed by atoms with E-state index in [1.165, 1.54) is 11.6 Å². The molecule has 0 spiro atoms. The van der Waals surface area contributed by atoms with E-state index in [1.807, 2.05) is 17.0 Å². The summed E-state index contributed by atoms with van der Waals surface area (Å²) in [7, 11) is 3.27. The molecule has 0 aliphatic carbocycles. The third kappa shape index (κ3) is 5.01. The van der Waals surface area contributed by atoms with Crippen LogP contribution in [0, 0.1) is 5.82 Å². The molecule has 1 amide bonds. The van der Waals surface area contributed by atoms with E-state index in [-0.39, 0.29) is 18.1 Å². The number of ether oxygens (including phenoxy) is 2. The van der Waals surface area contributed by atoms with E-state index in [9.17, 15) is 9.18 Å². The van der Waals surface area contributed by atoms with Gasteiger partial charge in [0, 0.05) is 32.7 Å². The molecular formula is C22H27FN2O3. The number of hydrogen-bond acceptors (Lipinski definition) is 4. The second-order valence-corrected chi connectivity index (χ2v) is 6.93. The average Bonchev–Trinajstić information content (AvgIpc) is 2.74. The summed E-state index contributed by atoms with van der Waals surface area (Å²) >= 11 is 0. The molecule has 0 N–H and O–H groups in total. The predicted molar refractivity (Wildman–Crippen MR) is 106 cm³/mol. The van der Waals surface area contributed by atoms with Gasteiger partial charge < -0.3 is 14.4 Å². The maximum atomic E-state index is 13.7. The van der Waals surface area contributed by atoms with Crippen molar-refractivity contribution in [2.45, 2.75) is 12.8 Å². The lowest BCUT2D eigenvalue weighted by atomic mass is 10.1. The lowest BCUT2D eigenvalue weighted by molar-refractivity contribution is -0.132. The molecule has 1 aliphatic rings. The lowest BCUT2D eigenvalue weighted by Crippen LogP contribution is -2.49. The fraction of sp³-hybridized carbons (Fsp3) is 0.409. The van der Waals surface area contributed by atoms with Crippen LogP contribution >= 0.6 is 0 Å². The first-order valence-corrected chi connectivity index (χ1v) is 9.55. The zero-order chi connectivity index (χ0) is 19.9. The van der Waals surface area contributed by atoms with Crippen LogP contribution in [-0.2, 0) is 17.6 Å². The van der Waals surface area contributed by atoms with Crippen LogP contribution in [0.25, 0.3) is 0 Å². The molecule has 1 aliphatic heterocycles. The zero-order valence-corrected chi connectivity index (χ0v) is 16.5. The summed E-state index contributed by atoms with van der Waals surface area (Å²) < 4.78 is 24.4. The highest BCUT2D eigenvalue weighted by atomic mass is 19.1. The van der Waals surface area contributed by atoms with Crippen LogP contribution in [0.5, 0.6) is 11.5 Å². The van der Waals surface area contributed by atoms with Gasteiger partial charge in [0.15, 0.2) is 11.5 Å². The molecule has 1 saturated heterocycles. The Hall–Kier alpha value is -2.60. The minimum absolute atomic E-state index is 0.00959. The monoisotopic (exact) mass is 386 g/mol. The molecule has 0 atom stereocenters. The van der Waals surface area contributed by atoms with Gasteiger partial charge in [0.05, 0.1) is 20.6 Å². The predicted octanol–water partition coefficient (Wildman–Crippen LogP) is 2.77. The summed E-state index contributed by atoms with van der Waals surface area (Å²) in [5, 5.41) is 0. The van der Waals surface area contributed by atoms with Crippen molar-refractivity contribution in [1.29, 1.82) is 0 Å². The van der Waals surface area contributed by atoms with E-state index in [2.05, 4.69) is 11.0 Å². The van der Waals surface area contributed by atoms with Crippen LogP contribution in [0.1, 0.15) is 11.1 Å². The van der Waals surface area contributed by atoms with E-state index >= 15 is 0 Å². The number of carbonyl (C=O) groups is 1. The Bertz CT molecular complexity index is 804. The molecule has 1 heterocycles. The van der Waals surface area contributed by atoms with Crippen molar-refractivity contribution in [2.24, 2.45) is 0 Å². The van der Waals surface area contributed by atoms with Gasteiger partial charge in [-0.3, -0.25) is 9.69 Å². The highest BCUT2D eigenvalue weighted by Crippen LogP contribution is 2.27. The summed E-state index contributed by atoms with van der Waals surface area (Å²) in [6, 6.07) is 12.5. The Morgan fingerprint density at radius 1 is 1.00 bits per heavy atom. The molecule has 0 unspecified atom stereocenters. The van der Waals surface area contributed by atoms with Gasteiger partial charge in [-0.05, 0) is 35.7 Å². The molecule has 5 nitrogen and oxygen atoms in total. The molecule has 150 valence electrons. The molecule has 0 aromatic heterocycles.